The molecule has 1 atom stereocenters. The number of fused-ring (bicyclic) bond motifs is 2. The number of aliphatic carboxylic acids is 1. The fraction of sp³-hybridized carbons (Fsp3) is 0.360. The molecule has 1 N–H and O–H groups in total. The Hall–Kier alpha value is -3.34. The number of rotatable bonds is 5. The highest BCUT2D eigenvalue weighted by atomic mass is 32.1. The number of benzene rings is 1. The van der Waals surface area contributed by atoms with Crippen LogP contribution in [0.25, 0.3) is 38.6 Å². The zero-order chi connectivity index (χ0) is 23.8. The first kappa shape index (κ1) is 22.1. The summed E-state index contributed by atoms with van der Waals surface area (Å²) in [6.45, 7) is 3.52. The van der Waals surface area contributed by atoms with Gasteiger partial charge in [-0.2, -0.15) is 5.10 Å². The van der Waals surface area contributed by atoms with Crippen LogP contribution in [-0.2, 0) is 14.3 Å². The number of carboxylic acid groups (broad SMARTS) is 1. The van der Waals surface area contributed by atoms with Crippen molar-refractivity contribution >= 4 is 50.3 Å². The summed E-state index contributed by atoms with van der Waals surface area (Å²) in [6.07, 6.45) is 7.74. The van der Waals surface area contributed by atoms with Crippen LogP contribution in [-0.4, -0.2) is 63.7 Å². The zero-order valence-electron chi connectivity index (χ0n) is 19.1. The average molecular weight is 492 g/mol. The number of ether oxygens (including phenoxy) is 2. The van der Waals surface area contributed by atoms with Crippen molar-refractivity contribution in [2.45, 2.75) is 25.5 Å². The Balaban J connectivity index is 1.48. The molecule has 35 heavy (non-hydrogen) atoms. The molecule has 9 nitrogen and oxygen atoms in total. The molecule has 0 bridgehead atoms. The van der Waals surface area contributed by atoms with Crippen molar-refractivity contribution in [1.29, 1.82) is 0 Å². The minimum atomic E-state index is -0.978. The van der Waals surface area contributed by atoms with Crippen LogP contribution in [0.4, 0.5) is 5.82 Å². The van der Waals surface area contributed by atoms with Crippen LogP contribution in [0, 0.1) is 0 Å². The van der Waals surface area contributed by atoms with Gasteiger partial charge < -0.3 is 19.5 Å². The second-order valence-corrected chi connectivity index (χ2v) is 9.74. The number of aromatic nitrogens is 4. The molecule has 0 spiro atoms. The molecule has 3 aromatic heterocycles. The van der Waals surface area contributed by atoms with Crippen molar-refractivity contribution in [3.63, 3.8) is 0 Å². The summed E-state index contributed by atoms with van der Waals surface area (Å²) in [6, 6.07) is 8.02. The van der Waals surface area contributed by atoms with Gasteiger partial charge >= 0.3 is 5.97 Å². The van der Waals surface area contributed by atoms with E-state index in [9.17, 15) is 4.79 Å². The summed E-state index contributed by atoms with van der Waals surface area (Å²) in [7, 11) is 0. The molecule has 0 aliphatic carbocycles. The zero-order valence-corrected chi connectivity index (χ0v) is 19.9. The van der Waals surface area contributed by atoms with Crippen LogP contribution in [0.15, 0.2) is 36.5 Å². The normalized spacial score (nSPS) is 19.2. The summed E-state index contributed by atoms with van der Waals surface area (Å²) >= 11 is 1.50. The van der Waals surface area contributed by atoms with Crippen molar-refractivity contribution < 1.29 is 19.4 Å². The van der Waals surface area contributed by atoms with Crippen LogP contribution in [0.3, 0.4) is 0 Å². The van der Waals surface area contributed by atoms with E-state index in [4.69, 9.17) is 24.5 Å². The van der Waals surface area contributed by atoms with Crippen LogP contribution < -0.4 is 4.90 Å². The minimum absolute atomic E-state index is 0.0516. The largest absolute Gasteiger partial charge is 0.478 e. The van der Waals surface area contributed by atoms with E-state index in [-0.39, 0.29) is 6.23 Å². The van der Waals surface area contributed by atoms with Crippen molar-refractivity contribution in [2.24, 2.45) is 0 Å². The molecule has 1 unspecified atom stereocenters. The number of anilines is 1. The first-order chi connectivity index (χ1) is 17.2. The van der Waals surface area contributed by atoms with Crippen LogP contribution in [0.1, 0.15) is 30.4 Å². The Bertz CT molecular complexity index is 1420. The molecule has 2 aliphatic rings. The van der Waals surface area contributed by atoms with Crippen molar-refractivity contribution in [1.82, 2.24) is 19.7 Å². The first-order valence-corrected chi connectivity index (χ1v) is 12.6. The van der Waals surface area contributed by atoms with Crippen molar-refractivity contribution in [3.05, 3.63) is 41.4 Å². The van der Waals surface area contributed by atoms with Gasteiger partial charge in [-0.25, -0.2) is 19.4 Å². The van der Waals surface area contributed by atoms with Gasteiger partial charge in [-0.15, -0.1) is 11.3 Å². The Labute approximate surface area is 205 Å². The average Bonchev–Trinajstić information content (AvgIpc) is 3.52. The lowest BCUT2D eigenvalue weighted by Crippen LogP contribution is -2.36. The molecule has 2 saturated heterocycles. The van der Waals surface area contributed by atoms with E-state index in [1.165, 1.54) is 11.3 Å². The predicted octanol–water partition coefficient (Wildman–Crippen LogP) is 4.34. The van der Waals surface area contributed by atoms with E-state index in [1.54, 1.807) is 6.08 Å². The van der Waals surface area contributed by atoms with Gasteiger partial charge in [-0.05, 0) is 37.5 Å². The number of hydrogen-bond donors (Lipinski definition) is 1. The molecule has 6 rings (SSSR count). The number of thiophene rings is 1. The summed E-state index contributed by atoms with van der Waals surface area (Å²) < 4.78 is 14.4. The number of carbonyl (C=O) groups is 1. The third kappa shape index (κ3) is 4.29. The van der Waals surface area contributed by atoms with Gasteiger partial charge in [0.2, 0.25) is 0 Å². The van der Waals surface area contributed by atoms with E-state index in [0.29, 0.717) is 19.0 Å². The number of carboxylic acids is 1. The van der Waals surface area contributed by atoms with Gasteiger partial charge in [-0.3, -0.25) is 0 Å². The smallest absolute Gasteiger partial charge is 0.328 e. The molecule has 0 amide bonds. The van der Waals surface area contributed by atoms with Gasteiger partial charge in [0.15, 0.2) is 17.9 Å². The van der Waals surface area contributed by atoms with E-state index in [2.05, 4.69) is 16.1 Å². The molecule has 2 fully saturated rings. The first-order valence-electron chi connectivity index (χ1n) is 11.8. The lowest BCUT2D eigenvalue weighted by molar-refractivity contribution is -0.131. The van der Waals surface area contributed by atoms with E-state index >= 15 is 0 Å². The van der Waals surface area contributed by atoms with Crippen molar-refractivity contribution in [2.75, 3.05) is 37.8 Å². The van der Waals surface area contributed by atoms with Crippen LogP contribution >= 0.6 is 11.3 Å². The topological polar surface area (TPSA) is 103 Å². The maximum absolute atomic E-state index is 11.0. The van der Waals surface area contributed by atoms with Gasteiger partial charge in [0.25, 0.3) is 0 Å². The number of hydrogen-bond acceptors (Lipinski definition) is 8. The predicted molar refractivity (Wildman–Crippen MR) is 135 cm³/mol. The minimum Gasteiger partial charge on any atom is -0.478 e. The van der Waals surface area contributed by atoms with Crippen molar-refractivity contribution in [3.8, 4) is 11.4 Å². The molecule has 0 radical (unpaired) electrons. The quantitative estimate of drug-likeness (QED) is 0.411. The molecule has 4 aromatic rings. The van der Waals surface area contributed by atoms with Gasteiger partial charge in [-0.1, -0.05) is 12.1 Å². The molecule has 180 valence electrons. The molecule has 2 aliphatic heterocycles. The van der Waals surface area contributed by atoms with Gasteiger partial charge in [0.05, 0.1) is 35.1 Å². The second-order valence-electron chi connectivity index (χ2n) is 8.65. The highest BCUT2D eigenvalue weighted by molar-refractivity contribution is 7.20. The summed E-state index contributed by atoms with van der Waals surface area (Å²) in [5.41, 5.74) is 2.71. The van der Waals surface area contributed by atoms with E-state index in [0.717, 1.165) is 82.4 Å². The maximum Gasteiger partial charge on any atom is 0.328 e. The fourth-order valence-corrected chi connectivity index (χ4v) is 5.71. The van der Waals surface area contributed by atoms with E-state index in [1.807, 2.05) is 29.1 Å². The Morgan fingerprint density at radius 2 is 2.06 bits per heavy atom. The molecule has 1 aromatic carbocycles. The third-order valence-corrected chi connectivity index (χ3v) is 7.47. The second kappa shape index (κ2) is 9.37. The summed E-state index contributed by atoms with van der Waals surface area (Å²) in [5, 5.41) is 14.7. The maximum atomic E-state index is 11.0. The monoisotopic (exact) mass is 491 g/mol. The standard InChI is InChI=1S/C25H25N5O4S/c31-22(32)8-7-16-14-19-23(35-16)25(29-9-12-33-13-10-29)28-24(27-19)17-4-3-5-20-18(17)15-26-30(20)21-6-1-2-11-34-21/h3-5,7-8,14-15,21H,1-2,6,9-13H2,(H,31,32)/b8-7+. The molecular formula is C25H25N5O4S. The number of nitrogens with zero attached hydrogens (tertiary/aromatic N) is 5. The molecule has 10 heteroatoms. The highest BCUT2D eigenvalue weighted by Gasteiger charge is 2.23. The lowest BCUT2D eigenvalue weighted by atomic mass is 10.1. The Morgan fingerprint density at radius 1 is 1.17 bits per heavy atom. The highest BCUT2D eigenvalue weighted by Crippen LogP contribution is 2.37. The number of morpholine rings is 1. The SMILES string of the molecule is O=C(O)/C=C/c1cc2nc(-c3cccc4c3cnn4C3CCCCO3)nc(N3CCOCC3)c2s1. The van der Waals surface area contributed by atoms with Gasteiger partial charge in [0.1, 0.15) is 0 Å². The van der Waals surface area contributed by atoms with Gasteiger partial charge in [0, 0.05) is 41.6 Å². The Kier molecular flexibility index (Phi) is 5.93. The van der Waals surface area contributed by atoms with Crippen LogP contribution in [0.2, 0.25) is 0 Å². The fourth-order valence-electron chi connectivity index (χ4n) is 4.69. The molecule has 5 heterocycles. The molecule has 0 saturated carbocycles. The van der Waals surface area contributed by atoms with Crippen LogP contribution in [0.5, 0.6) is 0 Å². The molecular weight excluding hydrogens is 466 g/mol. The van der Waals surface area contributed by atoms with E-state index < -0.39 is 5.97 Å². The summed E-state index contributed by atoms with van der Waals surface area (Å²) in [4.78, 5) is 24.0. The Morgan fingerprint density at radius 3 is 2.86 bits per heavy atom. The third-order valence-electron chi connectivity index (χ3n) is 6.38. The summed E-state index contributed by atoms with van der Waals surface area (Å²) in [5.74, 6) is 0.502. The lowest BCUT2D eigenvalue weighted by Gasteiger charge is -2.28.